The molecule has 1 aromatic rings. The number of thiazole rings is 1. The number of aryl methyl sites for hydroxylation is 1. The van der Waals surface area contributed by atoms with E-state index in [1.165, 1.54) is 61.7 Å². The summed E-state index contributed by atoms with van der Waals surface area (Å²) in [6.07, 6.45) is 7.53. The molecule has 2 atom stereocenters. The monoisotopic (exact) mass is 279 g/mol. The topological polar surface area (TPSA) is 19.4 Å². The van der Waals surface area contributed by atoms with E-state index in [1.807, 2.05) is 17.5 Å². The lowest BCUT2D eigenvalue weighted by atomic mass is 10.0. The van der Waals surface area contributed by atoms with Crippen LogP contribution in [0, 0.1) is 6.92 Å². The van der Waals surface area contributed by atoms with Gasteiger partial charge in [-0.25, -0.2) is 4.98 Å². The van der Waals surface area contributed by atoms with Crippen LogP contribution in [0.3, 0.4) is 0 Å². The molecule has 0 amide bonds. The van der Waals surface area contributed by atoms with Gasteiger partial charge < -0.3 is 0 Å². The first-order valence-electron chi connectivity index (χ1n) is 7.64. The molecule has 3 nitrogen and oxygen atoms in total. The van der Waals surface area contributed by atoms with Crippen LogP contribution >= 0.6 is 11.3 Å². The van der Waals surface area contributed by atoms with Crippen LogP contribution in [0.2, 0.25) is 0 Å². The van der Waals surface area contributed by atoms with Crippen molar-refractivity contribution in [2.75, 3.05) is 26.2 Å². The molecule has 2 unspecified atom stereocenters. The number of rotatable bonds is 2. The van der Waals surface area contributed by atoms with Crippen LogP contribution in [0.1, 0.15) is 48.5 Å². The summed E-state index contributed by atoms with van der Waals surface area (Å²) < 4.78 is 0. The molecule has 0 spiro atoms. The molecule has 0 saturated carbocycles. The van der Waals surface area contributed by atoms with Crippen LogP contribution in [0.15, 0.2) is 6.20 Å². The van der Waals surface area contributed by atoms with Gasteiger partial charge in [0.2, 0.25) is 0 Å². The first kappa shape index (κ1) is 13.5. The van der Waals surface area contributed by atoms with Gasteiger partial charge in [0.05, 0.1) is 6.04 Å². The summed E-state index contributed by atoms with van der Waals surface area (Å²) in [7, 11) is 0. The lowest BCUT2D eigenvalue weighted by Crippen LogP contribution is -2.44. The highest BCUT2D eigenvalue weighted by molar-refractivity contribution is 7.11. The van der Waals surface area contributed by atoms with E-state index in [0.717, 1.165) is 6.04 Å². The van der Waals surface area contributed by atoms with Crippen LogP contribution < -0.4 is 0 Å². The minimum atomic E-state index is 0.487. The standard InChI is InChI=1S/C15H25N3S/c1-12-10-16-15(19-12)13(2)18-9-5-8-17-7-4-3-6-14(17)11-18/h10,13-14H,3-9,11H2,1-2H3. The summed E-state index contributed by atoms with van der Waals surface area (Å²) in [5.41, 5.74) is 0. The molecule has 0 radical (unpaired) electrons. The van der Waals surface area contributed by atoms with Crippen LogP contribution in [0.25, 0.3) is 0 Å². The molecule has 106 valence electrons. The molecule has 0 aliphatic carbocycles. The molecule has 4 heteroatoms. The Labute approximate surface area is 120 Å². The Balaban J connectivity index is 1.70. The summed E-state index contributed by atoms with van der Waals surface area (Å²) in [5.74, 6) is 0. The number of hydrogen-bond donors (Lipinski definition) is 0. The van der Waals surface area contributed by atoms with E-state index in [4.69, 9.17) is 0 Å². The van der Waals surface area contributed by atoms with E-state index in [0.29, 0.717) is 6.04 Å². The first-order valence-corrected chi connectivity index (χ1v) is 8.46. The van der Waals surface area contributed by atoms with E-state index in [9.17, 15) is 0 Å². The van der Waals surface area contributed by atoms with Gasteiger partial charge in [-0.1, -0.05) is 6.42 Å². The van der Waals surface area contributed by atoms with Gasteiger partial charge in [-0.15, -0.1) is 11.3 Å². The molecular formula is C15H25N3S. The Morgan fingerprint density at radius 3 is 2.89 bits per heavy atom. The normalized spacial score (nSPS) is 27.8. The highest BCUT2D eigenvalue weighted by Gasteiger charge is 2.29. The molecule has 0 aromatic carbocycles. The fourth-order valence-electron chi connectivity index (χ4n) is 3.47. The maximum atomic E-state index is 4.59. The third-order valence-electron chi connectivity index (χ3n) is 4.63. The van der Waals surface area contributed by atoms with E-state index in [1.54, 1.807) is 0 Å². The van der Waals surface area contributed by atoms with E-state index >= 15 is 0 Å². The third-order valence-corrected chi connectivity index (χ3v) is 5.71. The molecule has 2 aliphatic rings. The van der Waals surface area contributed by atoms with Crippen LogP contribution in [-0.4, -0.2) is 47.0 Å². The quantitative estimate of drug-likeness (QED) is 0.829. The highest BCUT2D eigenvalue weighted by Crippen LogP contribution is 2.28. The molecule has 2 fully saturated rings. The molecule has 2 aliphatic heterocycles. The molecule has 0 N–H and O–H groups in total. The minimum absolute atomic E-state index is 0.487. The summed E-state index contributed by atoms with van der Waals surface area (Å²) in [6, 6.07) is 1.28. The van der Waals surface area contributed by atoms with Gasteiger partial charge in [0, 0.05) is 30.2 Å². The van der Waals surface area contributed by atoms with Gasteiger partial charge in [-0.2, -0.15) is 0 Å². The third kappa shape index (κ3) is 3.01. The van der Waals surface area contributed by atoms with E-state index in [-0.39, 0.29) is 0 Å². The van der Waals surface area contributed by atoms with Gasteiger partial charge in [0.1, 0.15) is 5.01 Å². The van der Waals surface area contributed by atoms with Crippen molar-refractivity contribution in [1.82, 2.24) is 14.8 Å². The van der Waals surface area contributed by atoms with Crippen molar-refractivity contribution in [3.8, 4) is 0 Å². The Kier molecular flexibility index (Phi) is 4.20. The fraction of sp³-hybridized carbons (Fsp3) is 0.800. The van der Waals surface area contributed by atoms with Crippen LogP contribution in [0.5, 0.6) is 0 Å². The number of piperidine rings is 1. The lowest BCUT2D eigenvalue weighted by molar-refractivity contribution is 0.123. The number of aromatic nitrogens is 1. The SMILES string of the molecule is Cc1cnc(C(C)N2CCCN3CCCCC3C2)s1. The van der Waals surface area contributed by atoms with E-state index < -0.39 is 0 Å². The summed E-state index contributed by atoms with van der Waals surface area (Å²) in [4.78, 5) is 11.3. The van der Waals surface area contributed by atoms with Crippen molar-refractivity contribution in [2.24, 2.45) is 0 Å². The Bertz CT molecular complexity index is 417. The number of hydrogen-bond acceptors (Lipinski definition) is 4. The number of nitrogens with zero attached hydrogens (tertiary/aromatic N) is 3. The Morgan fingerprint density at radius 2 is 2.11 bits per heavy atom. The molecule has 1 aromatic heterocycles. The maximum absolute atomic E-state index is 4.59. The van der Waals surface area contributed by atoms with Gasteiger partial charge in [-0.05, 0) is 46.2 Å². The second-order valence-corrected chi connectivity index (χ2v) is 7.29. The Hall–Kier alpha value is -0.450. The average molecular weight is 279 g/mol. The summed E-state index contributed by atoms with van der Waals surface area (Å²) in [6.45, 7) is 9.57. The van der Waals surface area contributed by atoms with Gasteiger partial charge >= 0.3 is 0 Å². The van der Waals surface area contributed by atoms with Crippen molar-refractivity contribution < 1.29 is 0 Å². The predicted octanol–water partition coefficient (Wildman–Crippen LogP) is 3.07. The second-order valence-electron chi connectivity index (χ2n) is 6.02. The largest absolute Gasteiger partial charge is 0.299 e. The minimum Gasteiger partial charge on any atom is -0.299 e. The zero-order valence-corrected chi connectivity index (χ0v) is 13.0. The van der Waals surface area contributed by atoms with Crippen molar-refractivity contribution in [3.63, 3.8) is 0 Å². The smallest absolute Gasteiger partial charge is 0.110 e. The summed E-state index contributed by atoms with van der Waals surface area (Å²) in [5, 5.41) is 1.29. The zero-order valence-electron chi connectivity index (χ0n) is 12.1. The zero-order chi connectivity index (χ0) is 13.2. The van der Waals surface area contributed by atoms with Crippen molar-refractivity contribution in [2.45, 2.75) is 51.6 Å². The van der Waals surface area contributed by atoms with Crippen molar-refractivity contribution >= 4 is 11.3 Å². The predicted molar refractivity (Wildman–Crippen MR) is 80.7 cm³/mol. The first-order chi connectivity index (χ1) is 9.24. The second kappa shape index (κ2) is 5.90. The van der Waals surface area contributed by atoms with E-state index in [2.05, 4.69) is 28.6 Å². The highest BCUT2D eigenvalue weighted by atomic mass is 32.1. The molecule has 19 heavy (non-hydrogen) atoms. The fourth-order valence-corrected chi connectivity index (χ4v) is 4.33. The molecule has 3 heterocycles. The van der Waals surface area contributed by atoms with Gasteiger partial charge in [0.15, 0.2) is 0 Å². The van der Waals surface area contributed by atoms with Crippen molar-refractivity contribution in [1.29, 1.82) is 0 Å². The molecular weight excluding hydrogens is 254 g/mol. The number of fused-ring (bicyclic) bond motifs is 1. The maximum Gasteiger partial charge on any atom is 0.110 e. The summed E-state index contributed by atoms with van der Waals surface area (Å²) >= 11 is 1.86. The Morgan fingerprint density at radius 1 is 1.26 bits per heavy atom. The molecule has 3 rings (SSSR count). The van der Waals surface area contributed by atoms with Crippen LogP contribution in [0.4, 0.5) is 0 Å². The van der Waals surface area contributed by atoms with Gasteiger partial charge in [-0.3, -0.25) is 9.80 Å². The average Bonchev–Trinajstić information content (AvgIpc) is 2.74. The molecule has 0 bridgehead atoms. The molecule has 2 saturated heterocycles. The lowest BCUT2D eigenvalue weighted by Gasteiger charge is -2.36. The van der Waals surface area contributed by atoms with Crippen molar-refractivity contribution in [3.05, 3.63) is 16.1 Å². The van der Waals surface area contributed by atoms with Crippen LogP contribution in [-0.2, 0) is 0 Å². The van der Waals surface area contributed by atoms with Gasteiger partial charge in [0.25, 0.3) is 0 Å².